The Morgan fingerprint density at radius 3 is 2.89 bits per heavy atom. The minimum absolute atomic E-state index is 0.0138. The molecule has 0 aliphatic rings. The van der Waals surface area contributed by atoms with Gasteiger partial charge in [0, 0.05) is 11.1 Å². The number of benzene rings is 1. The van der Waals surface area contributed by atoms with Gasteiger partial charge in [0.1, 0.15) is 17.1 Å². The second-order valence-electron chi connectivity index (χ2n) is 3.82. The predicted molar refractivity (Wildman–Crippen MR) is 74.0 cm³/mol. The number of nitrogens with zero attached hydrogens (tertiary/aromatic N) is 1. The second-order valence-corrected chi connectivity index (χ2v) is 4.26. The van der Waals surface area contributed by atoms with Crippen LogP contribution >= 0.6 is 11.6 Å². The molecular weight excluding hydrogens is 268 g/mol. The molecule has 0 unspecified atom stereocenters. The summed E-state index contributed by atoms with van der Waals surface area (Å²) in [5, 5.41) is 14.0. The van der Waals surface area contributed by atoms with Crippen LogP contribution in [-0.4, -0.2) is 11.3 Å². The molecule has 0 saturated heterocycles. The maximum atomic E-state index is 11.5. The zero-order valence-corrected chi connectivity index (χ0v) is 10.8. The maximum Gasteiger partial charge on any atom is 0.348 e. The Labute approximate surface area is 114 Å². The predicted octanol–water partition coefficient (Wildman–Crippen LogP) is 2.75. The molecule has 5 nitrogen and oxygen atoms in total. The van der Waals surface area contributed by atoms with Gasteiger partial charge in [-0.25, -0.2) is 4.79 Å². The molecule has 0 aliphatic carbocycles. The Bertz CT molecular complexity index is 680. The number of hydrogen-bond donors (Lipinski definition) is 2. The Hall–Kier alpha value is -2.27. The molecule has 1 heterocycles. The topological polar surface area (TPSA) is 74.8 Å². The summed E-state index contributed by atoms with van der Waals surface area (Å²) in [6.45, 7) is 1.58. The standard InChI is InChI=1S/C13H11ClN2O3/c1-8-5-12(17)11(13(18)19-8)7-15-16-10-4-2-3-9(14)6-10/h2-7,16-17H,1H3/b15-7-. The van der Waals surface area contributed by atoms with Crippen LogP contribution in [-0.2, 0) is 0 Å². The average Bonchev–Trinajstić information content (AvgIpc) is 2.32. The van der Waals surface area contributed by atoms with Gasteiger partial charge in [-0.2, -0.15) is 5.10 Å². The summed E-state index contributed by atoms with van der Waals surface area (Å²) in [4.78, 5) is 11.5. The van der Waals surface area contributed by atoms with Gasteiger partial charge >= 0.3 is 5.63 Å². The first-order chi connectivity index (χ1) is 9.06. The number of rotatable bonds is 3. The van der Waals surface area contributed by atoms with Crippen LogP contribution in [0.2, 0.25) is 5.02 Å². The third-order valence-electron chi connectivity index (χ3n) is 2.30. The number of anilines is 1. The highest BCUT2D eigenvalue weighted by atomic mass is 35.5. The fraction of sp³-hybridized carbons (Fsp3) is 0.0769. The van der Waals surface area contributed by atoms with E-state index in [-0.39, 0.29) is 11.3 Å². The first-order valence-corrected chi connectivity index (χ1v) is 5.82. The number of hydrazone groups is 1. The molecule has 1 aromatic heterocycles. The van der Waals surface area contributed by atoms with Crippen molar-refractivity contribution in [2.45, 2.75) is 6.92 Å². The van der Waals surface area contributed by atoms with Gasteiger partial charge in [-0.05, 0) is 25.1 Å². The zero-order chi connectivity index (χ0) is 13.8. The highest BCUT2D eigenvalue weighted by molar-refractivity contribution is 6.30. The van der Waals surface area contributed by atoms with Gasteiger partial charge in [-0.15, -0.1) is 0 Å². The van der Waals surface area contributed by atoms with E-state index in [2.05, 4.69) is 10.5 Å². The molecule has 1 aromatic carbocycles. The molecule has 0 radical (unpaired) electrons. The number of halogens is 1. The highest BCUT2D eigenvalue weighted by Gasteiger charge is 2.06. The summed E-state index contributed by atoms with van der Waals surface area (Å²) in [6.07, 6.45) is 1.20. The summed E-state index contributed by atoms with van der Waals surface area (Å²) in [7, 11) is 0. The highest BCUT2D eigenvalue weighted by Crippen LogP contribution is 2.15. The van der Waals surface area contributed by atoms with Crippen LogP contribution in [0, 0.1) is 6.92 Å². The molecule has 0 fully saturated rings. The van der Waals surface area contributed by atoms with Gasteiger partial charge < -0.3 is 9.52 Å². The molecule has 0 bridgehead atoms. The quantitative estimate of drug-likeness (QED) is 0.669. The molecular formula is C13H11ClN2O3. The molecule has 0 spiro atoms. The minimum Gasteiger partial charge on any atom is -0.507 e. The van der Waals surface area contributed by atoms with Crippen molar-refractivity contribution in [3.05, 3.63) is 57.1 Å². The smallest absolute Gasteiger partial charge is 0.348 e. The number of nitrogens with one attached hydrogen (secondary N) is 1. The van der Waals surface area contributed by atoms with Crippen molar-refractivity contribution < 1.29 is 9.52 Å². The molecule has 0 amide bonds. The van der Waals surface area contributed by atoms with E-state index in [4.69, 9.17) is 16.0 Å². The van der Waals surface area contributed by atoms with E-state index in [0.29, 0.717) is 16.5 Å². The van der Waals surface area contributed by atoms with E-state index >= 15 is 0 Å². The molecule has 2 aromatic rings. The Kier molecular flexibility index (Phi) is 3.87. The first kappa shape index (κ1) is 13.2. The van der Waals surface area contributed by atoms with Crippen LogP contribution in [0.5, 0.6) is 5.75 Å². The Balaban J connectivity index is 2.18. The van der Waals surface area contributed by atoms with Crippen molar-refractivity contribution in [3.63, 3.8) is 0 Å². The van der Waals surface area contributed by atoms with Crippen LogP contribution < -0.4 is 11.1 Å². The monoisotopic (exact) mass is 278 g/mol. The molecule has 0 atom stereocenters. The fourth-order valence-corrected chi connectivity index (χ4v) is 1.64. The van der Waals surface area contributed by atoms with E-state index in [0.717, 1.165) is 0 Å². The van der Waals surface area contributed by atoms with Crippen molar-refractivity contribution in [1.82, 2.24) is 0 Å². The number of hydrogen-bond acceptors (Lipinski definition) is 5. The van der Waals surface area contributed by atoms with E-state index in [1.807, 2.05) is 0 Å². The lowest BCUT2D eigenvalue weighted by Crippen LogP contribution is -2.08. The largest absolute Gasteiger partial charge is 0.507 e. The van der Waals surface area contributed by atoms with Crippen LogP contribution in [0.1, 0.15) is 11.3 Å². The average molecular weight is 279 g/mol. The summed E-state index contributed by atoms with van der Waals surface area (Å²) < 4.78 is 4.86. The molecule has 2 N–H and O–H groups in total. The van der Waals surface area contributed by atoms with E-state index < -0.39 is 5.63 Å². The van der Waals surface area contributed by atoms with Crippen LogP contribution in [0.25, 0.3) is 0 Å². The molecule has 19 heavy (non-hydrogen) atoms. The lowest BCUT2D eigenvalue weighted by Gasteiger charge is -2.01. The zero-order valence-electron chi connectivity index (χ0n) is 10.1. The van der Waals surface area contributed by atoms with Crippen molar-refractivity contribution in [3.8, 4) is 5.75 Å². The van der Waals surface area contributed by atoms with Crippen molar-refractivity contribution in [1.29, 1.82) is 0 Å². The van der Waals surface area contributed by atoms with Gasteiger partial charge in [0.15, 0.2) is 0 Å². The Morgan fingerprint density at radius 2 is 2.21 bits per heavy atom. The van der Waals surface area contributed by atoms with E-state index in [1.54, 1.807) is 31.2 Å². The summed E-state index contributed by atoms with van der Waals surface area (Å²) in [5.41, 5.74) is 2.70. The fourth-order valence-electron chi connectivity index (χ4n) is 1.45. The second kappa shape index (κ2) is 5.58. The van der Waals surface area contributed by atoms with Crippen molar-refractivity contribution in [2.75, 3.05) is 5.43 Å². The normalized spacial score (nSPS) is 10.8. The van der Waals surface area contributed by atoms with Crippen molar-refractivity contribution in [2.24, 2.45) is 5.10 Å². The third-order valence-corrected chi connectivity index (χ3v) is 2.54. The lowest BCUT2D eigenvalue weighted by atomic mass is 10.2. The summed E-state index contributed by atoms with van der Waals surface area (Å²) >= 11 is 5.81. The summed E-state index contributed by atoms with van der Waals surface area (Å²) in [6, 6.07) is 8.29. The number of aromatic hydroxyl groups is 1. The summed E-state index contributed by atoms with van der Waals surface area (Å²) in [5.74, 6) is 0.160. The van der Waals surface area contributed by atoms with Gasteiger partial charge in [-0.3, -0.25) is 5.43 Å². The molecule has 2 rings (SSSR count). The van der Waals surface area contributed by atoms with Gasteiger partial charge in [0.05, 0.1) is 11.9 Å². The maximum absolute atomic E-state index is 11.5. The van der Waals surface area contributed by atoms with Crippen LogP contribution in [0.15, 0.2) is 44.6 Å². The van der Waals surface area contributed by atoms with Crippen molar-refractivity contribution >= 4 is 23.5 Å². The van der Waals surface area contributed by atoms with Gasteiger partial charge in [-0.1, -0.05) is 17.7 Å². The number of aryl methyl sites for hydroxylation is 1. The van der Waals surface area contributed by atoms with Gasteiger partial charge in [0.25, 0.3) is 0 Å². The Morgan fingerprint density at radius 1 is 1.42 bits per heavy atom. The SMILES string of the molecule is Cc1cc(O)c(/C=N\Nc2cccc(Cl)c2)c(=O)o1. The first-order valence-electron chi connectivity index (χ1n) is 5.44. The van der Waals surface area contributed by atoms with Crippen LogP contribution in [0.4, 0.5) is 5.69 Å². The van der Waals surface area contributed by atoms with E-state index in [1.165, 1.54) is 12.3 Å². The third kappa shape index (κ3) is 3.35. The van der Waals surface area contributed by atoms with Gasteiger partial charge in [0.2, 0.25) is 0 Å². The molecule has 98 valence electrons. The molecule has 0 saturated carbocycles. The molecule has 0 aliphatic heterocycles. The lowest BCUT2D eigenvalue weighted by molar-refractivity contribution is 0.433. The van der Waals surface area contributed by atoms with E-state index in [9.17, 15) is 9.90 Å². The molecule has 6 heteroatoms. The minimum atomic E-state index is -0.644. The van der Waals surface area contributed by atoms with Crippen LogP contribution in [0.3, 0.4) is 0 Å².